The molecule has 8 nitrogen and oxygen atoms in total. The van der Waals surface area contributed by atoms with Crippen molar-refractivity contribution in [2.24, 2.45) is 0 Å². The molecule has 0 unspecified atom stereocenters. The summed E-state index contributed by atoms with van der Waals surface area (Å²) in [5.74, 6) is -0.182. The summed E-state index contributed by atoms with van der Waals surface area (Å²) in [4.78, 5) is 18.3. The van der Waals surface area contributed by atoms with Crippen LogP contribution in [0, 0.1) is 0 Å². The predicted molar refractivity (Wildman–Crippen MR) is 155 cm³/mol. The number of fused-ring (bicyclic) bond motifs is 1. The van der Waals surface area contributed by atoms with Crippen LogP contribution in [0.2, 0.25) is 10.0 Å². The Bertz CT molecular complexity index is 1630. The molecule has 1 saturated heterocycles. The molecule has 202 valence electrons. The third-order valence-corrected chi connectivity index (χ3v) is 9.31. The molecule has 0 aliphatic carbocycles. The van der Waals surface area contributed by atoms with Gasteiger partial charge in [0.1, 0.15) is 6.29 Å². The molecule has 3 aromatic carbocycles. The molecule has 39 heavy (non-hydrogen) atoms. The van der Waals surface area contributed by atoms with Crippen molar-refractivity contribution >= 4 is 61.8 Å². The summed E-state index contributed by atoms with van der Waals surface area (Å²) in [6.07, 6.45) is 2.60. The molecule has 0 amide bonds. The van der Waals surface area contributed by atoms with Crippen molar-refractivity contribution < 1.29 is 18.3 Å². The van der Waals surface area contributed by atoms with E-state index in [2.05, 4.69) is 15.2 Å². The van der Waals surface area contributed by atoms with Crippen LogP contribution in [-0.4, -0.2) is 67.2 Å². The Morgan fingerprint density at radius 2 is 1.64 bits per heavy atom. The summed E-state index contributed by atoms with van der Waals surface area (Å²) in [5, 5.41) is 14.3. The maximum absolute atomic E-state index is 13.1. The number of hydrogen-bond donors (Lipinski definition) is 2. The van der Waals surface area contributed by atoms with Crippen molar-refractivity contribution in [3.63, 3.8) is 0 Å². The number of phenolic OH excluding ortho intramolecular Hbond substituents is 1. The van der Waals surface area contributed by atoms with Gasteiger partial charge in [0, 0.05) is 55.4 Å². The van der Waals surface area contributed by atoms with Crippen LogP contribution in [0.5, 0.6) is 5.75 Å². The van der Waals surface area contributed by atoms with E-state index in [-0.39, 0.29) is 27.1 Å². The van der Waals surface area contributed by atoms with E-state index in [0.717, 1.165) is 17.2 Å². The summed E-state index contributed by atoms with van der Waals surface area (Å²) in [5.41, 5.74) is 4.21. The lowest BCUT2D eigenvalue weighted by Crippen LogP contribution is -2.46. The Kier molecular flexibility index (Phi) is 7.80. The van der Waals surface area contributed by atoms with Crippen LogP contribution in [0.15, 0.2) is 65.7 Å². The number of pyridine rings is 1. The number of aromatic nitrogens is 1. The van der Waals surface area contributed by atoms with Crippen molar-refractivity contribution in [3.8, 4) is 16.9 Å². The van der Waals surface area contributed by atoms with Crippen molar-refractivity contribution in [1.29, 1.82) is 0 Å². The number of piperazine rings is 1. The number of benzene rings is 3. The van der Waals surface area contributed by atoms with Crippen LogP contribution >= 0.6 is 23.2 Å². The Labute approximate surface area is 236 Å². The number of aldehydes is 1. The number of hydrogen-bond acceptors (Lipinski definition) is 7. The highest BCUT2D eigenvalue weighted by molar-refractivity contribution is 7.89. The topological polar surface area (TPSA) is 103 Å². The number of nitrogens with zero attached hydrogens (tertiary/aromatic N) is 3. The number of phenols is 1. The largest absolute Gasteiger partial charge is 0.505 e. The minimum absolute atomic E-state index is 0.135. The summed E-state index contributed by atoms with van der Waals surface area (Å²) < 4.78 is 27.8. The van der Waals surface area contributed by atoms with Gasteiger partial charge in [-0.15, -0.1) is 0 Å². The first-order valence-electron chi connectivity index (χ1n) is 12.3. The van der Waals surface area contributed by atoms with Gasteiger partial charge in [-0.05, 0) is 66.7 Å². The Hall–Kier alpha value is -3.21. The minimum atomic E-state index is -3.59. The van der Waals surface area contributed by atoms with Crippen molar-refractivity contribution in [2.45, 2.75) is 11.3 Å². The van der Waals surface area contributed by atoms with E-state index in [1.807, 2.05) is 25.2 Å². The van der Waals surface area contributed by atoms with E-state index < -0.39 is 10.0 Å². The summed E-state index contributed by atoms with van der Waals surface area (Å²) in [7, 11) is -1.61. The fourth-order valence-corrected chi connectivity index (χ4v) is 6.48. The van der Waals surface area contributed by atoms with Gasteiger partial charge in [-0.25, -0.2) is 8.42 Å². The van der Waals surface area contributed by atoms with Gasteiger partial charge in [0.2, 0.25) is 10.0 Å². The number of likely N-dealkylation sites (N-methyl/N-ethyl adjacent to an activating group) is 1. The average Bonchev–Trinajstić information content (AvgIpc) is 2.93. The molecule has 1 aliphatic rings. The zero-order chi connectivity index (χ0) is 27.7. The van der Waals surface area contributed by atoms with Crippen LogP contribution < -0.4 is 5.32 Å². The third-order valence-electron chi connectivity index (χ3n) is 6.82. The highest BCUT2D eigenvalue weighted by Crippen LogP contribution is 2.38. The van der Waals surface area contributed by atoms with Crippen LogP contribution in [0.3, 0.4) is 0 Å². The van der Waals surface area contributed by atoms with Gasteiger partial charge in [-0.1, -0.05) is 29.3 Å². The predicted octanol–water partition coefficient (Wildman–Crippen LogP) is 5.34. The van der Waals surface area contributed by atoms with Crippen molar-refractivity contribution in [3.05, 3.63) is 76.4 Å². The quantitative estimate of drug-likeness (QED) is 0.283. The second-order valence-corrected chi connectivity index (χ2v) is 12.2. The number of nitrogens with one attached hydrogen (secondary N) is 1. The molecule has 5 rings (SSSR count). The number of anilines is 2. The lowest BCUT2D eigenvalue weighted by molar-refractivity contribution is -0.107. The van der Waals surface area contributed by atoms with Crippen LogP contribution in [-0.2, 0) is 21.2 Å². The summed E-state index contributed by atoms with van der Waals surface area (Å²) in [6, 6.07) is 15.5. The number of halogens is 2. The molecule has 1 aromatic heterocycles. The Morgan fingerprint density at radius 3 is 2.28 bits per heavy atom. The number of carbonyl (C=O) groups is 1. The molecule has 2 heterocycles. The monoisotopic (exact) mass is 584 g/mol. The highest BCUT2D eigenvalue weighted by Gasteiger charge is 2.27. The van der Waals surface area contributed by atoms with E-state index in [1.165, 1.54) is 4.31 Å². The van der Waals surface area contributed by atoms with E-state index >= 15 is 0 Å². The maximum atomic E-state index is 13.1. The standard InChI is InChI=1S/C28H26Cl2N4O4S/c1-33-9-11-34(12-10-33)39(37,38)22-5-3-21(4-6-22)32-27-19(8-13-35)17-31-26-7-2-18(14-23(26)27)20-15-24(29)28(36)25(30)16-20/h2-7,13-17,36H,8-12H2,1H3,(H,31,32). The number of rotatable bonds is 7. The molecule has 2 N–H and O–H groups in total. The van der Waals surface area contributed by atoms with Gasteiger partial charge in [0.15, 0.2) is 5.75 Å². The van der Waals surface area contributed by atoms with Gasteiger partial charge in [-0.3, -0.25) is 4.98 Å². The summed E-state index contributed by atoms with van der Waals surface area (Å²) in [6.45, 7) is 2.30. The van der Waals surface area contributed by atoms with E-state index in [4.69, 9.17) is 23.2 Å². The molecule has 0 spiro atoms. The van der Waals surface area contributed by atoms with E-state index in [1.54, 1.807) is 42.6 Å². The molecule has 1 fully saturated rings. The zero-order valence-corrected chi connectivity index (χ0v) is 23.4. The van der Waals surface area contributed by atoms with Gasteiger partial charge in [0.05, 0.1) is 26.1 Å². The molecule has 0 atom stereocenters. The molecule has 4 aromatic rings. The first kappa shape index (κ1) is 27.4. The first-order valence-corrected chi connectivity index (χ1v) is 14.5. The second-order valence-electron chi connectivity index (χ2n) is 9.41. The molecule has 1 aliphatic heterocycles. The van der Waals surface area contributed by atoms with E-state index in [0.29, 0.717) is 54.2 Å². The fraction of sp³-hybridized carbons (Fsp3) is 0.214. The van der Waals surface area contributed by atoms with Gasteiger partial charge >= 0.3 is 0 Å². The first-order chi connectivity index (χ1) is 18.7. The fourth-order valence-electron chi connectivity index (χ4n) is 4.57. The van der Waals surface area contributed by atoms with Gasteiger partial charge in [-0.2, -0.15) is 4.31 Å². The molecule has 0 saturated carbocycles. The molecular formula is C28H26Cl2N4O4S. The highest BCUT2D eigenvalue weighted by atomic mass is 35.5. The summed E-state index contributed by atoms with van der Waals surface area (Å²) >= 11 is 12.3. The number of aromatic hydroxyl groups is 1. The SMILES string of the molecule is CN1CCN(S(=O)(=O)c2ccc(Nc3c(CC=O)cnc4ccc(-c5cc(Cl)c(O)c(Cl)c5)cc34)cc2)CC1. The van der Waals surface area contributed by atoms with E-state index in [9.17, 15) is 18.3 Å². The smallest absolute Gasteiger partial charge is 0.243 e. The molecule has 11 heteroatoms. The second kappa shape index (κ2) is 11.1. The minimum Gasteiger partial charge on any atom is -0.505 e. The third kappa shape index (κ3) is 5.59. The van der Waals surface area contributed by atoms with Crippen LogP contribution in [0.1, 0.15) is 5.56 Å². The molecular weight excluding hydrogens is 559 g/mol. The lowest BCUT2D eigenvalue weighted by Gasteiger charge is -2.31. The lowest BCUT2D eigenvalue weighted by atomic mass is 10.00. The van der Waals surface area contributed by atoms with Crippen molar-refractivity contribution in [1.82, 2.24) is 14.2 Å². The maximum Gasteiger partial charge on any atom is 0.243 e. The van der Waals surface area contributed by atoms with Crippen LogP contribution in [0.4, 0.5) is 11.4 Å². The molecule has 0 bridgehead atoms. The normalized spacial score (nSPS) is 14.9. The van der Waals surface area contributed by atoms with Gasteiger partial charge in [0.25, 0.3) is 0 Å². The average molecular weight is 586 g/mol. The number of carbonyl (C=O) groups excluding carboxylic acids is 1. The Morgan fingerprint density at radius 1 is 0.974 bits per heavy atom. The molecule has 0 radical (unpaired) electrons. The van der Waals surface area contributed by atoms with Gasteiger partial charge < -0.3 is 20.1 Å². The Balaban J connectivity index is 1.51. The zero-order valence-electron chi connectivity index (χ0n) is 21.1. The number of sulfonamides is 1. The van der Waals surface area contributed by atoms with Crippen LogP contribution in [0.25, 0.3) is 22.0 Å². The van der Waals surface area contributed by atoms with Crippen molar-refractivity contribution in [2.75, 3.05) is 38.5 Å².